The van der Waals surface area contributed by atoms with Gasteiger partial charge in [0.05, 0.1) is 6.61 Å². The molecule has 0 bridgehead atoms. The Morgan fingerprint density at radius 2 is 2.12 bits per heavy atom. The molecule has 16 heavy (non-hydrogen) atoms. The minimum atomic E-state index is -0.147. The Balaban J connectivity index is 2.50. The van der Waals surface area contributed by atoms with E-state index in [4.69, 9.17) is 0 Å². The van der Waals surface area contributed by atoms with Crippen LogP contribution in [0.15, 0.2) is 0 Å². The minimum Gasteiger partial charge on any atom is -0.394 e. The predicted molar refractivity (Wildman–Crippen MR) is 68.6 cm³/mol. The second kappa shape index (κ2) is 5.03. The van der Waals surface area contributed by atoms with Crippen molar-refractivity contribution in [3.05, 3.63) is 0 Å². The topological polar surface area (TPSA) is 35.5 Å². The average molecular weight is 228 g/mol. The van der Waals surface area contributed by atoms with E-state index >= 15 is 0 Å². The highest BCUT2D eigenvalue weighted by atomic mass is 16.3. The Kier molecular flexibility index (Phi) is 4.38. The molecule has 0 radical (unpaired) electrons. The highest BCUT2D eigenvalue weighted by Crippen LogP contribution is 2.31. The number of likely N-dealkylation sites (N-methyl/N-ethyl adjacent to an activating group) is 1. The fourth-order valence-corrected chi connectivity index (χ4v) is 2.56. The number of hydrogen-bond acceptors (Lipinski definition) is 3. The number of aliphatic hydroxyl groups is 1. The summed E-state index contributed by atoms with van der Waals surface area (Å²) in [6.45, 7) is 11.6. The summed E-state index contributed by atoms with van der Waals surface area (Å²) >= 11 is 0. The lowest BCUT2D eigenvalue weighted by atomic mass is 9.92. The van der Waals surface area contributed by atoms with Gasteiger partial charge >= 0.3 is 0 Å². The van der Waals surface area contributed by atoms with Crippen molar-refractivity contribution in [1.29, 1.82) is 0 Å². The van der Waals surface area contributed by atoms with Gasteiger partial charge in [-0.15, -0.1) is 0 Å². The Morgan fingerprint density at radius 3 is 2.50 bits per heavy atom. The molecule has 1 aliphatic heterocycles. The molecule has 96 valence electrons. The second-order valence-electron chi connectivity index (χ2n) is 6.41. The summed E-state index contributed by atoms with van der Waals surface area (Å²) in [5, 5.41) is 12.6. The van der Waals surface area contributed by atoms with Gasteiger partial charge in [-0.3, -0.25) is 0 Å². The third kappa shape index (κ3) is 3.44. The van der Waals surface area contributed by atoms with Gasteiger partial charge in [-0.05, 0) is 45.7 Å². The maximum Gasteiger partial charge on any atom is 0.0611 e. The molecule has 2 N–H and O–H groups in total. The number of rotatable bonds is 5. The molecule has 0 spiro atoms. The Bertz CT molecular complexity index is 224. The predicted octanol–water partition coefficient (Wildman–Crippen LogP) is 1.47. The normalized spacial score (nSPS) is 26.6. The van der Waals surface area contributed by atoms with Crippen LogP contribution in [0, 0.1) is 5.41 Å². The number of likely N-dealkylation sites (tertiary alicyclic amines) is 1. The summed E-state index contributed by atoms with van der Waals surface area (Å²) in [5.41, 5.74) is 0.315. The first-order chi connectivity index (χ1) is 7.32. The van der Waals surface area contributed by atoms with Crippen LogP contribution in [0.3, 0.4) is 0 Å². The van der Waals surface area contributed by atoms with E-state index in [0.29, 0.717) is 11.5 Å². The van der Waals surface area contributed by atoms with Crippen LogP contribution in [0.5, 0.6) is 0 Å². The molecular weight excluding hydrogens is 200 g/mol. The molecular formula is C13H28N2O. The molecule has 0 saturated carbocycles. The summed E-state index contributed by atoms with van der Waals surface area (Å²) < 4.78 is 0. The molecule has 0 aromatic rings. The molecule has 1 heterocycles. The van der Waals surface area contributed by atoms with Gasteiger partial charge in [0.1, 0.15) is 0 Å². The summed E-state index contributed by atoms with van der Waals surface area (Å²) in [7, 11) is 1.93. The molecule has 2 unspecified atom stereocenters. The van der Waals surface area contributed by atoms with E-state index in [2.05, 4.69) is 37.9 Å². The minimum absolute atomic E-state index is 0.147. The zero-order chi connectivity index (χ0) is 12.4. The molecule has 0 aromatic heterocycles. The standard InChI is InChI=1S/C13H28N2O/c1-11(8-13(4,10-16)14-5)15-7-6-12(2,3)9-15/h11,14,16H,6-10H2,1-5H3. The molecule has 1 rings (SSSR count). The van der Waals surface area contributed by atoms with Crippen molar-refractivity contribution < 1.29 is 5.11 Å². The first-order valence-electron chi connectivity index (χ1n) is 6.36. The van der Waals surface area contributed by atoms with Crippen LogP contribution >= 0.6 is 0 Å². The van der Waals surface area contributed by atoms with Crippen molar-refractivity contribution in [2.45, 2.75) is 52.1 Å². The fraction of sp³-hybridized carbons (Fsp3) is 1.00. The van der Waals surface area contributed by atoms with Gasteiger partial charge in [0.2, 0.25) is 0 Å². The Labute approximate surface area is 100 Å². The van der Waals surface area contributed by atoms with E-state index in [9.17, 15) is 5.11 Å². The van der Waals surface area contributed by atoms with Crippen LogP contribution < -0.4 is 5.32 Å². The summed E-state index contributed by atoms with van der Waals surface area (Å²) in [6, 6.07) is 0.534. The van der Waals surface area contributed by atoms with Crippen molar-refractivity contribution in [3.63, 3.8) is 0 Å². The molecule has 1 saturated heterocycles. The summed E-state index contributed by atoms with van der Waals surface area (Å²) in [6.07, 6.45) is 2.28. The third-order valence-corrected chi connectivity index (χ3v) is 4.03. The van der Waals surface area contributed by atoms with Crippen molar-refractivity contribution in [1.82, 2.24) is 10.2 Å². The highest BCUT2D eigenvalue weighted by molar-refractivity contribution is 4.90. The maximum absolute atomic E-state index is 9.40. The van der Waals surface area contributed by atoms with Crippen LogP contribution in [-0.2, 0) is 0 Å². The van der Waals surface area contributed by atoms with E-state index in [1.807, 2.05) is 7.05 Å². The first kappa shape index (κ1) is 13.9. The lowest BCUT2D eigenvalue weighted by Crippen LogP contribution is -2.48. The van der Waals surface area contributed by atoms with E-state index in [1.165, 1.54) is 19.5 Å². The molecule has 0 amide bonds. The van der Waals surface area contributed by atoms with Crippen LogP contribution in [0.4, 0.5) is 0 Å². The third-order valence-electron chi connectivity index (χ3n) is 4.03. The van der Waals surface area contributed by atoms with Gasteiger partial charge in [0.25, 0.3) is 0 Å². The fourth-order valence-electron chi connectivity index (χ4n) is 2.56. The van der Waals surface area contributed by atoms with E-state index in [-0.39, 0.29) is 12.1 Å². The van der Waals surface area contributed by atoms with Crippen molar-refractivity contribution in [2.24, 2.45) is 5.41 Å². The first-order valence-corrected chi connectivity index (χ1v) is 6.36. The van der Waals surface area contributed by atoms with Gasteiger partial charge in [0.15, 0.2) is 0 Å². The molecule has 1 aliphatic rings. The van der Waals surface area contributed by atoms with Crippen LogP contribution in [0.1, 0.15) is 40.5 Å². The van der Waals surface area contributed by atoms with Gasteiger partial charge < -0.3 is 15.3 Å². The zero-order valence-electron chi connectivity index (χ0n) is 11.5. The zero-order valence-corrected chi connectivity index (χ0v) is 11.5. The highest BCUT2D eigenvalue weighted by Gasteiger charge is 2.34. The van der Waals surface area contributed by atoms with E-state index in [1.54, 1.807) is 0 Å². The van der Waals surface area contributed by atoms with Crippen LogP contribution in [-0.4, -0.2) is 48.3 Å². The second-order valence-corrected chi connectivity index (χ2v) is 6.41. The van der Waals surface area contributed by atoms with Crippen LogP contribution in [0.25, 0.3) is 0 Å². The molecule has 1 fully saturated rings. The summed E-state index contributed by atoms with van der Waals surface area (Å²) in [4.78, 5) is 2.55. The van der Waals surface area contributed by atoms with Crippen molar-refractivity contribution in [3.8, 4) is 0 Å². The smallest absolute Gasteiger partial charge is 0.0611 e. The Morgan fingerprint density at radius 1 is 1.50 bits per heavy atom. The lowest BCUT2D eigenvalue weighted by Gasteiger charge is -2.34. The SMILES string of the molecule is CNC(C)(CO)CC(C)N1CCC(C)(C)C1. The maximum atomic E-state index is 9.40. The monoisotopic (exact) mass is 228 g/mol. The number of hydrogen-bond donors (Lipinski definition) is 2. The van der Waals surface area contributed by atoms with Crippen LogP contribution in [0.2, 0.25) is 0 Å². The summed E-state index contributed by atoms with van der Waals surface area (Å²) in [5.74, 6) is 0. The van der Waals surface area contributed by atoms with Gasteiger partial charge in [-0.1, -0.05) is 13.8 Å². The van der Waals surface area contributed by atoms with E-state index < -0.39 is 0 Å². The van der Waals surface area contributed by atoms with E-state index in [0.717, 1.165) is 6.42 Å². The average Bonchev–Trinajstić information content (AvgIpc) is 2.58. The van der Waals surface area contributed by atoms with Gasteiger partial charge in [0, 0.05) is 18.1 Å². The molecule has 0 aromatic carbocycles. The number of nitrogens with zero attached hydrogens (tertiary/aromatic N) is 1. The molecule has 3 heteroatoms. The largest absolute Gasteiger partial charge is 0.394 e. The quantitative estimate of drug-likeness (QED) is 0.748. The number of nitrogens with one attached hydrogen (secondary N) is 1. The van der Waals surface area contributed by atoms with Gasteiger partial charge in [-0.2, -0.15) is 0 Å². The number of aliphatic hydroxyl groups excluding tert-OH is 1. The van der Waals surface area contributed by atoms with Crippen molar-refractivity contribution in [2.75, 3.05) is 26.7 Å². The lowest BCUT2D eigenvalue weighted by molar-refractivity contribution is 0.127. The molecule has 2 atom stereocenters. The molecule has 0 aliphatic carbocycles. The Hall–Kier alpha value is -0.120. The van der Waals surface area contributed by atoms with Crippen molar-refractivity contribution >= 4 is 0 Å². The van der Waals surface area contributed by atoms with Gasteiger partial charge in [-0.25, -0.2) is 0 Å². The molecule has 3 nitrogen and oxygen atoms in total.